The van der Waals surface area contributed by atoms with Crippen LogP contribution in [0.4, 0.5) is 13.2 Å². The topological polar surface area (TPSA) is 114 Å². The molecule has 0 saturated carbocycles. The summed E-state index contributed by atoms with van der Waals surface area (Å²) in [5.41, 5.74) is 3.02. The average molecular weight is 565 g/mol. The molecule has 0 fully saturated rings. The normalized spacial score (nSPS) is 12.0. The van der Waals surface area contributed by atoms with Crippen LogP contribution < -0.4 is 14.3 Å². The first kappa shape index (κ1) is 26.8. The van der Waals surface area contributed by atoms with Crippen LogP contribution >= 0.6 is 11.6 Å². The molecule has 4 rings (SSSR count). The third-order valence-corrected chi connectivity index (χ3v) is 6.59. The molecule has 0 bridgehead atoms. The Labute approximate surface area is 219 Å². The van der Waals surface area contributed by atoms with Crippen molar-refractivity contribution in [2.24, 2.45) is 5.10 Å². The number of halogens is 4. The Morgan fingerprint density at radius 1 is 0.974 bits per heavy atom. The molecule has 0 aliphatic rings. The summed E-state index contributed by atoms with van der Waals surface area (Å²) in [5.74, 6) is -1.36. The Morgan fingerprint density at radius 3 is 2.32 bits per heavy atom. The molecule has 0 aromatic heterocycles. The fourth-order valence-corrected chi connectivity index (χ4v) is 4.46. The first-order chi connectivity index (χ1) is 17.9. The maximum absolute atomic E-state index is 12.8. The van der Waals surface area contributed by atoms with Gasteiger partial charge >= 0.3 is 16.5 Å². The van der Waals surface area contributed by atoms with Crippen LogP contribution in [0.2, 0.25) is 5.02 Å². The van der Waals surface area contributed by atoms with E-state index < -0.39 is 28.1 Å². The highest BCUT2D eigenvalue weighted by Gasteiger charge is 2.31. The van der Waals surface area contributed by atoms with E-state index in [4.69, 9.17) is 15.8 Å². The van der Waals surface area contributed by atoms with Gasteiger partial charge < -0.3 is 14.0 Å². The lowest BCUT2D eigenvalue weighted by molar-refractivity contribution is -0.274. The minimum absolute atomic E-state index is 0.00347. The molecule has 0 atom stereocenters. The number of ether oxygens (including phenoxy) is 1. The Balaban J connectivity index is 1.54. The maximum Gasteiger partial charge on any atom is 0.573 e. The zero-order chi connectivity index (χ0) is 27.5. The Hall–Kier alpha value is -4.29. The second-order valence-corrected chi connectivity index (χ2v) is 9.57. The maximum atomic E-state index is 12.8. The van der Waals surface area contributed by atoms with Gasteiger partial charge in [0.1, 0.15) is 16.4 Å². The number of carbonyl (C=O) groups is 1. The molecular formula is C25H16ClF3N2O6S. The second-order valence-electron chi connectivity index (χ2n) is 7.62. The Morgan fingerprint density at radius 2 is 1.66 bits per heavy atom. The quantitative estimate of drug-likeness (QED) is 0.171. The van der Waals surface area contributed by atoms with Crippen molar-refractivity contribution in [3.63, 3.8) is 0 Å². The summed E-state index contributed by atoms with van der Waals surface area (Å²) in [4.78, 5) is 11.9. The van der Waals surface area contributed by atoms with Crippen LogP contribution in [0.5, 0.6) is 17.2 Å². The van der Waals surface area contributed by atoms with E-state index in [0.717, 1.165) is 24.3 Å². The molecule has 0 unspecified atom stereocenters. The summed E-state index contributed by atoms with van der Waals surface area (Å²) in [6.07, 6.45) is -3.57. The summed E-state index contributed by atoms with van der Waals surface area (Å²) in [7, 11) is -4.40. The number of aromatic hydroxyl groups is 1. The van der Waals surface area contributed by atoms with Crippen LogP contribution in [-0.4, -0.2) is 32.0 Å². The lowest BCUT2D eigenvalue weighted by atomic mass is 10.0. The minimum atomic E-state index is -4.91. The van der Waals surface area contributed by atoms with Crippen LogP contribution in [0.25, 0.3) is 10.8 Å². The number of fused-ring (bicyclic) bond motifs is 1. The van der Waals surface area contributed by atoms with Gasteiger partial charge in [-0.1, -0.05) is 35.9 Å². The molecule has 4 aromatic rings. The van der Waals surface area contributed by atoms with Crippen molar-refractivity contribution < 1.29 is 40.4 Å². The highest BCUT2D eigenvalue weighted by molar-refractivity contribution is 7.87. The summed E-state index contributed by atoms with van der Waals surface area (Å²) in [6, 6.07) is 17.0. The Kier molecular flexibility index (Phi) is 7.46. The fraction of sp³-hybridized carbons (Fsp3) is 0.0400. The van der Waals surface area contributed by atoms with Crippen molar-refractivity contribution in [1.29, 1.82) is 0 Å². The van der Waals surface area contributed by atoms with Gasteiger partial charge in [-0.2, -0.15) is 13.5 Å². The molecule has 0 heterocycles. The molecule has 0 radical (unpaired) electrons. The average Bonchev–Trinajstić information content (AvgIpc) is 2.86. The lowest BCUT2D eigenvalue weighted by Gasteiger charge is -2.12. The van der Waals surface area contributed by atoms with E-state index in [1.807, 2.05) is 0 Å². The van der Waals surface area contributed by atoms with Gasteiger partial charge in [-0.3, -0.25) is 4.79 Å². The van der Waals surface area contributed by atoms with Gasteiger partial charge in [-0.15, -0.1) is 13.2 Å². The van der Waals surface area contributed by atoms with Crippen LogP contribution in [0, 0.1) is 0 Å². The predicted molar refractivity (Wildman–Crippen MR) is 133 cm³/mol. The molecule has 196 valence electrons. The molecule has 13 heteroatoms. The van der Waals surface area contributed by atoms with Gasteiger partial charge in [0.25, 0.3) is 5.91 Å². The van der Waals surface area contributed by atoms with E-state index in [9.17, 15) is 31.5 Å². The molecular weight excluding hydrogens is 549 g/mol. The zero-order valence-corrected chi connectivity index (χ0v) is 20.5. The summed E-state index contributed by atoms with van der Waals surface area (Å²) >= 11 is 5.81. The molecule has 0 saturated heterocycles. The zero-order valence-electron chi connectivity index (χ0n) is 18.9. The summed E-state index contributed by atoms with van der Waals surface area (Å²) < 4.78 is 71.6. The first-order valence-electron chi connectivity index (χ1n) is 10.6. The van der Waals surface area contributed by atoms with Crippen LogP contribution in [0.15, 0.2) is 88.9 Å². The lowest BCUT2D eigenvalue weighted by Crippen LogP contribution is -2.17. The number of rotatable bonds is 7. The number of amides is 1. The van der Waals surface area contributed by atoms with E-state index in [2.05, 4.69) is 15.3 Å². The number of phenols is 1. The number of benzene rings is 4. The molecule has 0 aliphatic heterocycles. The van der Waals surface area contributed by atoms with Gasteiger partial charge in [-0.05, 0) is 60.0 Å². The van der Waals surface area contributed by atoms with Crippen molar-refractivity contribution in [2.75, 3.05) is 0 Å². The van der Waals surface area contributed by atoms with Gasteiger partial charge in [0.05, 0.1) is 11.2 Å². The third kappa shape index (κ3) is 6.33. The monoisotopic (exact) mass is 564 g/mol. The largest absolute Gasteiger partial charge is 0.573 e. The number of alkyl halides is 3. The van der Waals surface area contributed by atoms with Crippen LogP contribution in [0.1, 0.15) is 15.9 Å². The molecule has 0 aliphatic carbocycles. The number of carbonyl (C=O) groups excluding carboxylic acids is 1. The fourth-order valence-electron chi connectivity index (χ4n) is 3.33. The smallest absolute Gasteiger partial charge is 0.506 e. The van der Waals surface area contributed by atoms with Crippen molar-refractivity contribution in [3.05, 3.63) is 95.0 Å². The van der Waals surface area contributed by atoms with Crippen molar-refractivity contribution >= 4 is 44.6 Å². The summed E-state index contributed by atoms with van der Waals surface area (Å²) in [6.45, 7) is 0. The number of nitrogens with zero attached hydrogens (tertiary/aromatic N) is 1. The number of hydrogen-bond donors (Lipinski definition) is 2. The van der Waals surface area contributed by atoms with E-state index >= 15 is 0 Å². The van der Waals surface area contributed by atoms with Crippen LogP contribution in [-0.2, 0) is 10.1 Å². The number of hydrogen-bond acceptors (Lipinski definition) is 7. The van der Waals surface area contributed by atoms with Gasteiger partial charge in [0.2, 0.25) is 0 Å². The second kappa shape index (κ2) is 10.6. The summed E-state index contributed by atoms with van der Waals surface area (Å²) in [5, 5.41) is 14.3. The minimum Gasteiger partial charge on any atom is -0.506 e. The molecule has 1 amide bonds. The standard InChI is InChI=1S/C25H16ClF3N2O6S/c26-21-13-15(5-11-22(21)32)24(33)31-30-14-16-6-12-23(20-4-2-1-3-19(16)20)37-38(34,35)18-9-7-17(8-10-18)36-25(27,28)29/h1-14,32H,(H,31,33). The van der Waals surface area contributed by atoms with Gasteiger partial charge in [0, 0.05) is 16.5 Å². The van der Waals surface area contributed by atoms with Gasteiger partial charge in [0.15, 0.2) is 5.75 Å². The highest BCUT2D eigenvalue weighted by Crippen LogP contribution is 2.31. The van der Waals surface area contributed by atoms with Crippen molar-refractivity contribution in [1.82, 2.24) is 5.43 Å². The molecule has 2 N–H and O–H groups in total. The van der Waals surface area contributed by atoms with E-state index in [0.29, 0.717) is 16.3 Å². The van der Waals surface area contributed by atoms with Gasteiger partial charge in [-0.25, -0.2) is 5.43 Å². The van der Waals surface area contributed by atoms with Crippen molar-refractivity contribution in [3.8, 4) is 17.2 Å². The van der Waals surface area contributed by atoms with Crippen LogP contribution in [0.3, 0.4) is 0 Å². The Bertz CT molecular complexity index is 1640. The number of nitrogens with one attached hydrogen (secondary N) is 1. The predicted octanol–water partition coefficient (Wildman–Crippen LogP) is 5.63. The molecule has 0 spiro atoms. The molecule has 4 aromatic carbocycles. The first-order valence-corrected chi connectivity index (χ1v) is 12.4. The van der Waals surface area contributed by atoms with Crippen molar-refractivity contribution in [2.45, 2.75) is 11.3 Å². The van der Waals surface area contributed by atoms with E-state index in [-0.39, 0.29) is 27.0 Å². The third-order valence-electron chi connectivity index (χ3n) is 5.04. The number of hydrazone groups is 1. The number of phenolic OH excluding ortho intramolecular Hbond substituents is 1. The SMILES string of the molecule is O=C(NN=Cc1ccc(OS(=O)(=O)c2ccc(OC(F)(F)F)cc2)c2ccccc12)c1ccc(O)c(Cl)c1. The van der Waals surface area contributed by atoms with E-state index in [1.165, 1.54) is 36.5 Å². The molecule has 38 heavy (non-hydrogen) atoms. The molecule has 8 nitrogen and oxygen atoms in total. The highest BCUT2D eigenvalue weighted by atomic mass is 35.5. The van der Waals surface area contributed by atoms with E-state index in [1.54, 1.807) is 24.3 Å².